The number of ether oxygens (including phenoxy) is 1. The molecule has 1 saturated heterocycles. The number of nitrogens with zero attached hydrogens (tertiary/aromatic N) is 2. The topological polar surface area (TPSA) is 49.9 Å². The smallest absolute Gasteiger partial charge is 0.330 e. The number of hydrogen-bond acceptors (Lipinski definition) is 4. The molecule has 1 heterocycles. The first-order valence-electron chi connectivity index (χ1n) is 13.0. The van der Waals surface area contributed by atoms with Gasteiger partial charge in [-0.15, -0.1) is 0 Å². The number of hydrogen-bond donors (Lipinski definition) is 0. The minimum atomic E-state index is -0.383. The maximum Gasteiger partial charge on any atom is 0.330 e. The number of benzene rings is 2. The van der Waals surface area contributed by atoms with Gasteiger partial charge in [-0.05, 0) is 74.4 Å². The predicted octanol–water partition coefficient (Wildman–Crippen LogP) is 6.01. The van der Waals surface area contributed by atoms with Crippen molar-refractivity contribution in [3.05, 3.63) is 65.7 Å². The van der Waals surface area contributed by atoms with Crippen molar-refractivity contribution >= 4 is 29.3 Å². The van der Waals surface area contributed by atoms with Crippen molar-refractivity contribution in [3.63, 3.8) is 0 Å². The highest BCUT2D eigenvalue weighted by Gasteiger charge is 2.30. The Labute approximate surface area is 209 Å². The number of anilines is 2. The Kier molecular flexibility index (Phi) is 8.62. The molecule has 0 bridgehead atoms. The Morgan fingerprint density at radius 3 is 2.40 bits per heavy atom. The minimum absolute atomic E-state index is 0.116. The zero-order valence-electron chi connectivity index (χ0n) is 21.1. The zero-order valence-corrected chi connectivity index (χ0v) is 21.1. The minimum Gasteiger partial charge on any atom is -0.466 e. The molecule has 1 saturated carbocycles. The summed E-state index contributed by atoms with van der Waals surface area (Å²) in [7, 11) is 1.37. The summed E-state index contributed by atoms with van der Waals surface area (Å²) in [6.07, 6.45) is 10.8. The first-order valence-corrected chi connectivity index (χ1v) is 13.0. The van der Waals surface area contributed by atoms with Crippen LogP contribution in [0.5, 0.6) is 0 Å². The van der Waals surface area contributed by atoms with Gasteiger partial charge in [0.15, 0.2) is 0 Å². The Morgan fingerprint density at radius 2 is 1.71 bits per heavy atom. The molecule has 0 spiro atoms. The summed E-state index contributed by atoms with van der Waals surface area (Å²) < 4.78 is 4.72. The molecule has 5 heteroatoms. The second-order valence-corrected chi connectivity index (χ2v) is 10.0. The fourth-order valence-electron chi connectivity index (χ4n) is 5.31. The van der Waals surface area contributed by atoms with Crippen molar-refractivity contribution in [1.29, 1.82) is 0 Å². The quantitative estimate of drug-likeness (QED) is 0.364. The summed E-state index contributed by atoms with van der Waals surface area (Å²) in [5.41, 5.74) is 4.38. The second-order valence-electron chi connectivity index (χ2n) is 10.0. The lowest BCUT2D eigenvalue weighted by molar-refractivity contribution is -0.134. The third-order valence-corrected chi connectivity index (χ3v) is 7.47. The van der Waals surface area contributed by atoms with Gasteiger partial charge < -0.3 is 14.5 Å². The lowest BCUT2D eigenvalue weighted by Crippen LogP contribution is -2.43. The van der Waals surface area contributed by atoms with Crippen molar-refractivity contribution in [2.24, 2.45) is 11.8 Å². The number of esters is 1. The molecule has 0 atom stereocenters. The SMILES string of the molecule is COC(=O)/C=C/c1cccc(N(CC2CCN(c3ccc(C)cc3)CC2)C(=O)C2CCCCC2)c1. The van der Waals surface area contributed by atoms with Crippen LogP contribution < -0.4 is 9.80 Å². The Hall–Kier alpha value is -3.08. The molecule has 0 radical (unpaired) electrons. The first-order chi connectivity index (χ1) is 17.0. The van der Waals surface area contributed by atoms with Gasteiger partial charge in [0.1, 0.15) is 0 Å². The number of carbonyl (C=O) groups is 2. The number of amides is 1. The maximum absolute atomic E-state index is 13.7. The van der Waals surface area contributed by atoms with E-state index in [-0.39, 0.29) is 17.8 Å². The Bertz CT molecular complexity index is 1020. The van der Waals surface area contributed by atoms with Gasteiger partial charge in [0.05, 0.1) is 7.11 Å². The van der Waals surface area contributed by atoms with E-state index in [9.17, 15) is 9.59 Å². The van der Waals surface area contributed by atoms with E-state index in [4.69, 9.17) is 4.74 Å². The molecule has 1 aliphatic heterocycles. The summed E-state index contributed by atoms with van der Waals surface area (Å²) in [6, 6.07) is 16.7. The van der Waals surface area contributed by atoms with Crippen molar-refractivity contribution in [1.82, 2.24) is 0 Å². The van der Waals surface area contributed by atoms with E-state index >= 15 is 0 Å². The molecule has 35 heavy (non-hydrogen) atoms. The van der Waals surface area contributed by atoms with E-state index in [0.29, 0.717) is 5.92 Å². The average molecular weight is 475 g/mol. The van der Waals surface area contributed by atoms with Crippen LogP contribution in [0.3, 0.4) is 0 Å². The van der Waals surface area contributed by atoms with Crippen LogP contribution in [0.15, 0.2) is 54.6 Å². The van der Waals surface area contributed by atoms with Gasteiger partial charge in [-0.2, -0.15) is 0 Å². The lowest BCUT2D eigenvalue weighted by Gasteiger charge is -2.37. The Balaban J connectivity index is 1.48. The van der Waals surface area contributed by atoms with Crippen LogP contribution in [0.25, 0.3) is 6.08 Å². The molecular formula is C30H38N2O3. The van der Waals surface area contributed by atoms with Crippen LogP contribution in [0.1, 0.15) is 56.1 Å². The van der Waals surface area contributed by atoms with E-state index in [0.717, 1.165) is 69.4 Å². The van der Waals surface area contributed by atoms with Crippen molar-refractivity contribution in [2.75, 3.05) is 36.5 Å². The maximum atomic E-state index is 13.7. The van der Waals surface area contributed by atoms with Gasteiger partial charge in [0.2, 0.25) is 5.91 Å². The van der Waals surface area contributed by atoms with Crippen LogP contribution in [-0.2, 0) is 14.3 Å². The third-order valence-electron chi connectivity index (χ3n) is 7.47. The van der Waals surface area contributed by atoms with Crippen LogP contribution in [0, 0.1) is 18.8 Å². The molecule has 2 aromatic carbocycles. The predicted molar refractivity (Wildman–Crippen MR) is 143 cm³/mol. The molecule has 2 fully saturated rings. The number of carbonyl (C=O) groups excluding carboxylic acids is 2. The summed E-state index contributed by atoms with van der Waals surface area (Å²) >= 11 is 0. The number of methoxy groups -OCH3 is 1. The molecule has 5 nitrogen and oxygen atoms in total. The molecule has 2 aliphatic rings. The number of piperidine rings is 1. The van der Waals surface area contributed by atoms with E-state index in [1.807, 2.05) is 29.2 Å². The summed E-state index contributed by atoms with van der Waals surface area (Å²) in [4.78, 5) is 29.8. The summed E-state index contributed by atoms with van der Waals surface area (Å²) in [5.74, 6) is 0.467. The van der Waals surface area contributed by atoms with E-state index in [2.05, 4.69) is 36.1 Å². The highest BCUT2D eigenvalue weighted by atomic mass is 16.5. The van der Waals surface area contributed by atoms with Gasteiger partial charge in [-0.25, -0.2) is 4.79 Å². The molecule has 4 rings (SSSR count). The highest BCUT2D eigenvalue weighted by Crippen LogP contribution is 2.31. The van der Waals surface area contributed by atoms with Crippen molar-refractivity contribution < 1.29 is 14.3 Å². The number of rotatable bonds is 7. The van der Waals surface area contributed by atoms with Gasteiger partial charge in [-0.3, -0.25) is 4.79 Å². The second kappa shape index (κ2) is 12.1. The molecule has 186 valence electrons. The van der Waals surface area contributed by atoms with Crippen LogP contribution in [-0.4, -0.2) is 38.6 Å². The zero-order chi connectivity index (χ0) is 24.6. The normalized spacial score (nSPS) is 17.5. The van der Waals surface area contributed by atoms with E-state index in [1.165, 1.54) is 30.9 Å². The fraction of sp³-hybridized carbons (Fsp3) is 0.467. The van der Waals surface area contributed by atoms with Gasteiger partial charge in [-0.1, -0.05) is 49.1 Å². The van der Waals surface area contributed by atoms with Gasteiger partial charge >= 0.3 is 5.97 Å². The van der Waals surface area contributed by atoms with E-state index < -0.39 is 0 Å². The van der Waals surface area contributed by atoms with Crippen LogP contribution >= 0.6 is 0 Å². The lowest BCUT2D eigenvalue weighted by atomic mass is 9.87. The van der Waals surface area contributed by atoms with Gasteiger partial charge in [0.25, 0.3) is 0 Å². The largest absolute Gasteiger partial charge is 0.466 e. The van der Waals surface area contributed by atoms with Crippen molar-refractivity contribution in [3.8, 4) is 0 Å². The first kappa shape index (κ1) is 25.0. The summed E-state index contributed by atoms with van der Waals surface area (Å²) in [5, 5.41) is 0. The highest BCUT2D eigenvalue weighted by molar-refractivity contribution is 5.95. The van der Waals surface area contributed by atoms with Gasteiger partial charge in [0, 0.05) is 43.0 Å². The molecule has 0 N–H and O–H groups in total. The number of aryl methyl sites for hydroxylation is 1. The molecule has 2 aromatic rings. The molecule has 1 aliphatic carbocycles. The molecule has 0 unspecified atom stereocenters. The third kappa shape index (κ3) is 6.74. The van der Waals surface area contributed by atoms with Crippen LogP contribution in [0.4, 0.5) is 11.4 Å². The Morgan fingerprint density at radius 1 is 1.00 bits per heavy atom. The average Bonchev–Trinajstić information content (AvgIpc) is 2.91. The van der Waals surface area contributed by atoms with Crippen LogP contribution in [0.2, 0.25) is 0 Å². The standard InChI is InChI=1S/C30H38N2O3/c1-23-11-14-27(15-12-23)31-19-17-25(18-20-31)22-32(30(34)26-8-4-3-5-9-26)28-10-6-7-24(21-28)13-16-29(33)35-2/h6-7,10-16,21,25-26H,3-5,8-9,17-20,22H2,1-2H3/b16-13+. The molecular weight excluding hydrogens is 436 g/mol. The molecule has 0 aromatic heterocycles. The van der Waals surface area contributed by atoms with E-state index in [1.54, 1.807) is 6.08 Å². The molecule has 1 amide bonds. The monoisotopic (exact) mass is 474 g/mol. The van der Waals surface area contributed by atoms with Crippen molar-refractivity contribution in [2.45, 2.75) is 51.9 Å². The summed E-state index contributed by atoms with van der Waals surface area (Å²) in [6.45, 7) is 4.90. The fourth-order valence-corrected chi connectivity index (χ4v) is 5.31.